The van der Waals surface area contributed by atoms with Crippen LogP contribution in [0.4, 0.5) is 5.69 Å². The number of hydrogen-bond acceptors (Lipinski definition) is 4. The Kier molecular flexibility index (Phi) is 10.9. The molecule has 0 aliphatic heterocycles. The molecule has 0 aliphatic carbocycles. The Morgan fingerprint density at radius 3 is 2.02 bits per heavy atom. The van der Waals surface area contributed by atoms with E-state index in [1.807, 2.05) is 13.8 Å². The summed E-state index contributed by atoms with van der Waals surface area (Å²) in [6.45, 7) is 6.40. The van der Waals surface area contributed by atoms with Crippen molar-refractivity contribution in [2.24, 2.45) is 0 Å². The Hall–Kier alpha value is -2.78. The number of carbonyl (C=O) groups is 2. The molecule has 3 aromatic carbocycles. The summed E-state index contributed by atoms with van der Waals surface area (Å²) in [4.78, 5) is 28.7. The fourth-order valence-electron chi connectivity index (χ4n) is 4.25. The molecule has 0 aliphatic rings. The number of halogens is 3. The lowest BCUT2D eigenvalue weighted by Gasteiger charge is -2.34. The topological polar surface area (TPSA) is 86.8 Å². The minimum Gasteiger partial charge on any atom is -0.352 e. The van der Waals surface area contributed by atoms with Gasteiger partial charge in [-0.3, -0.25) is 13.9 Å². The molecule has 214 valence electrons. The largest absolute Gasteiger partial charge is 0.352 e. The second kappa shape index (κ2) is 13.7. The third-order valence-electron chi connectivity index (χ3n) is 6.32. The zero-order chi connectivity index (χ0) is 29.6. The number of nitrogens with zero attached hydrogens (tertiary/aromatic N) is 2. The summed E-state index contributed by atoms with van der Waals surface area (Å²) in [5.74, 6) is -0.981. The van der Waals surface area contributed by atoms with E-state index in [0.717, 1.165) is 4.31 Å². The Labute approximate surface area is 251 Å². The van der Waals surface area contributed by atoms with E-state index in [4.69, 9.17) is 34.8 Å². The molecule has 40 heavy (non-hydrogen) atoms. The molecule has 0 saturated heterocycles. The van der Waals surface area contributed by atoms with Gasteiger partial charge in [0.05, 0.1) is 10.6 Å². The quantitative estimate of drug-likeness (QED) is 0.265. The molecule has 2 amide bonds. The SMILES string of the molecule is CC[C@H](C(=O)NC(C)C)N(Cc1c(Cl)cccc1Cl)C(=O)CN(c1cccc(Cl)c1C)S(=O)(=O)c1ccccc1. The van der Waals surface area contributed by atoms with Crippen LogP contribution in [0, 0.1) is 6.92 Å². The first-order chi connectivity index (χ1) is 18.9. The highest BCUT2D eigenvalue weighted by molar-refractivity contribution is 7.92. The first-order valence-electron chi connectivity index (χ1n) is 12.7. The summed E-state index contributed by atoms with van der Waals surface area (Å²) >= 11 is 19.2. The van der Waals surface area contributed by atoms with Crippen LogP contribution in [0.2, 0.25) is 15.1 Å². The molecule has 3 rings (SSSR count). The Balaban J connectivity index is 2.14. The second-order valence-corrected chi connectivity index (χ2v) is 12.6. The first kappa shape index (κ1) is 31.7. The number of sulfonamides is 1. The van der Waals surface area contributed by atoms with Crippen molar-refractivity contribution in [2.45, 2.75) is 57.6 Å². The number of benzene rings is 3. The molecule has 0 aromatic heterocycles. The average Bonchev–Trinajstić information content (AvgIpc) is 2.90. The van der Waals surface area contributed by atoms with Gasteiger partial charge in [0.25, 0.3) is 10.0 Å². The lowest BCUT2D eigenvalue weighted by atomic mass is 10.1. The molecule has 0 radical (unpaired) electrons. The van der Waals surface area contributed by atoms with Crippen molar-refractivity contribution in [2.75, 3.05) is 10.8 Å². The molecule has 0 saturated carbocycles. The van der Waals surface area contributed by atoms with E-state index in [1.54, 1.807) is 68.4 Å². The van der Waals surface area contributed by atoms with Gasteiger partial charge in [-0.2, -0.15) is 0 Å². The van der Waals surface area contributed by atoms with Crippen LogP contribution < -0.4 is 9.62 Å². The van der Waals surface area contributed by atoms with Crippen LogP contribution in [0.25, 0.3) is 0 Å². The van der Waals surface area contributed by atoms with E-state index in [0.29, 0.717) is 26.2 Å². The van der Waals surface area contributed by atoms with Crippen LogP contribution >= 0.6 is 34.8 Å². The molecule has 0 heterocycles. The van der Waals surface area contributed by atoms with E-state index in [-0.39, 0.29) is 35.5 Å². The molecule has 7 nitrogen and oxygen atoms in total. The summed E-state index contributed by atoms with van der Waals surface area (Å²) in [5.41, 5.74) is 1.19. The third kappa shape index (κ3) is 7.29. The van der Waals surface area contributed by atoms with Gasteiger partial charge < -0.3 is 10.2 Å². The summed E-state index contributed by atoms with van der Waals surface area (Å²) < 4.78 is 28.9. The van der Waals surface area contributed by atoms with Gasteiger partial charge in [0.15, 0.2) is 0 Å². The van der Waals surface area contributed by atoms with Gasteiger partial charge in [0.2, 0.25) is 11.8 Å². The molecule has 1 N–H and O–H groups in total. The van der Waals surface area contributed by atoms with Gasteiger partial charge in [0.1, 0.15) is 12.6 Å². The van der Waals surface area contributed by atoms with Crippen molar-refractivity contribution in [1.82, 2.24) is 10.2 Å². The molecular weight excluding hydrogens is 593 g/mol. The Morgan fingerprint density at radius 1 is 0.875 bits per heavy atom. The monoisotopic (exact) mass is 623 g/mol. The highest BCUT2D eigenvalue weighted by atomic mass is 35.5. The highest BCUT2D eigenvalue weighted by Gasteiger charge is 2.35. The van der Waals surface area contributed by atoms with Gasteiger partial charge >= 0.3 is 0 Å². The van der Waals surface area contributed by atoms with Gasteiger partial charge in [-0.15, -0.1) is 0 Å². The van der Waals surface area contributed by atoms with Crippen LogP contribution in [-0.4, -0.2) is 43.8 Å². The maximum absolute atomic E-state index is 14.1. The van der Waals surface area contributed by atoms with Gasteiger partial charge in [0, 0.05) is 33.2 Å². The minimum absolute atomic E-state index is 0.00691. The predicted octanol–water partition coefficient (Wildman–Crippen LogP) is 6.48. The average molecular weight is 625 g/mol. The Bertz CT molecular complexity index is 1450. The molecule has 0 bridgehead atoms. The number of carbonyl (C=O) groups excluding carboxylic acids is 2. The molecule has 0 unspecified atom stereocenters. The summed E-state index contributed by atoms with van der Waals surface area (Å²) in [7, 11) is -4.21. The number of nitrogens with one attached hydrogen (secondary N) is 1. The van der Waals surface area contributed by atoms with Crippen molar-refractivity contribution < 1.29 is 18.0 Å². The normalized spacial score (nSPS) is 12.2. The zero-order valence-corrected chi connectivity index (χ0v) is 25.8. The number of hydrogen-bond donors (Lipinski definition) is 1. The van der Waals surface area contributed by atoms with Crippen LogP contribution in [-0.2, 0) is 26.2 Å². The minimum atomic E-state index is -4.21. The van der Waals surface area contributed by atoms with Gasteiger partial charge in [-0.05, 0) is 69.2 Å². The molecule has 0 spiro atoms. The van der Waals surface area contributed by atoms with Crippen LogP contribution in [0.1, 0.15) is 38.3 Å². The molecular formula is C29H32Cl3N3O4S. The van der Waals surface area contributed by atoms with Crippen molar-refractivity contribution in [3.63, 3.8) is 0 Å². The predicted molar refractivity (Wildman–Crippen MR) is 162 cm³/mol. The number of rotatable bonds is 11. The second-order valence-electron chi connectivity index (χ2n) is 9.52. The zero-order valence-electron chi connectivity index (χ0n) is 22.7. The van der Waals surface area contributed by atoms with Crippen LogP contribution in [0.5, 0.6) is 0 Å². The number of anilines is 1. The Morgan fingerprint density at radius 2 is 1.45 bits per heavy atom. The maximum Gasteiger partial charge on any atom is 0.264 e. The lowest BCUT2D eigenvalue weighted by Crippen LogP contribution is -2.53. The fourth-order valence-corrected chi connectivity index (χ4v) is 6.43. The standard InChI is InChI=1S/C29H32Cl3N3O4S/c1-5-26(29(37)33-19(2)3)34(17-22-24(31)14-9-15-25(22)32)28(36)18-35(27-16-10-13-23(30)20(27)4)40(38,39)21-11-7-6-8-12-21/h6-16,19,26H,5,17-18H2,1-4H3,(H,33,37)/t26-/m1/s1. The van der Waals surface area contributed by atoms with Gasteiger partial charge in [-0.25, -0.2) is 8.42 Å². The van der Waals surface area contributed by atoms with Crippen molar-refractivity contribution in [3.05, 3.63) is 92.9 Å². The number of amides is 2. The lowest BCUT2D eigenvalue weighted by molar-refractivity contribution is -0.140. The van der Waals surface area contributed by atoms with E-state index < -0.39 is 28.5 Å². The molecule has 3 aromatic rings. The third-order valence-corrected chi connectivity index (χ3v) is 9.22. The smallest absolute Gasteiger partial charge is 0.264 e. The first-order valence-corrected chi connectivity index (χ1v) is 15.3. The van der Waals surface area contributed by atoms with Crippen LogP contribution in [0.3, 0.4) is 0 Å². The van der Waals surface area contributed by atoms with Crippen molar-refractivity contribution in [3.8, 4) is 0 Å². The molecule has 1 atom stereocenters. The molecule has 11 heteroatoms. The van der Waals surface area contributed by atoms with Crippen molar-refractivity contribution in [1.29, 1.82) is 0 Å². The summed E-state index contributed by atoms with van der Waals surface area (Å²) in [6, 6.07) is 16.6. The van der Waals surface area contributed by atoms with Crippen molar-refractivity contribution >= 4 is 62.3 Å². The van der Waals surface area contributed by atoms with Gasteiger partial charge in [-0.1, -0.05) is 72.1 Å². The highest BCUT2D eigenvalue weighted by Crippen LogP contribution is 2.32. The molecule has 0 fully saturated rings. The fraction of sp³-hybridized carbons (Fsp3) is 0.310. The van der Waals surface area contributed by atoms with E-state index in [9.17, 15) is 18.0 Å². The van der Waals surface area contributed by atoms with E-state index in [2.05, 4.69) is 5.32 Å². The summed E-state index contributed by atoms with van der Waals surface area (Å²) in [6.07, 6.45) is 0.272. The van der Waals surface area contributed by atoms with E-state index >= 15 is 0 Å². The van der Waals surface area contributed by atoms with Crippen LogP contribution in [0.15, 0.2) is 71.6 Å². The van der Waals surface area contributed by atoms with E-state index in [1.165, 1.54) is 17.0 Å². The maximum atomic E-state index is 14.1. The summed E-state index contributed by atoms with van der Waals surface area (Å²) in [5, 5.41) is 3.85.